The van der Waals surface area contributed by atoms with Gasteiger partial charge in [-0.3, -0.25) is 9.69 Å². The average molecular weight is 314 g/mol. The summed E-state index contributed by atoms with van der Waals surface area (Å²) in [7, 11) is 0. The Balaban J connectivity index is 1.84. The third-order valence-electron chi connectivity index (χ3n) is 4.08. The molecule has 1 aromatic rings. The second kappa shape index (κ2) is 7.47. The van der Waals surface area contributed by atoms with Crippen LogP contribution in [0.3, 0.4) is 0 Å². The Bertz CT molecular complexity index is 583. The summed E-state index contributed by atoms with van der Waals surface area (Å²) in [5.74, 6) is -0.198. The summed E-state index contributed by atoms with van der Waals surface area (Å²) in [6, 6.07) is 10.5. The molecule has 0 aromatic heterocycles. The van der Waals surface area contributed by atoms with Gasteiger partial charge in [0.15, 0.2) is 0 Å². The highest BCUT2D eigenvalue weighted by Crippen LogP contribution is 2.18. The van der Waals surface area contributed by atoms with Gasteiger partial charge in [0.2, 0.25) is 5.91 Å². The van der Waals surface area contributed by atoms with Crippen molar-refractivity contribution in [2.24, 2.45) is 0 Å². The molecule has 2 rings (SSSR count). The van der Waals surface area contributed by atoms with E-state index in [2.05, 4.69) is 46.3 Å². The molecule has 0 atom stereocenters. The lowest BCUT2D eigenvalue weighted by Gasteiger charge is -2.40. The summed E-state index contributed by atoms with van der Waals surface area (Å²) in [6.45, 7) is 10.9. The summed E-state index contributed by atoms with van der Waals surface area (Å²) < 4.78 is 0. The minimum atomic E-state index is -0.320. The number of nitrogens with one attached hydrogen (secondary N) is 1. The second-order valence-corrected chi connectivity index (χ2v) is 6.87. The fourth-order valence-corrected chi connectivity index (χ4v) is 3.08. The average Bonchev–Trinajstić information content (AvgIpc) is 2.47. The van der Waals surface area contributed by atoms with Crippen LogP contribution in [0.25, 0.3) is 0 Å². The highest BCUT2D eigenvalue weighted by atomic mass is 16.1. The van der Waals surface area contributed by atoms with Crippen molar-refractivity contribution in [2.45, 2.75) is 32.7 Å². The zero-order valence-electron chi connectivity index (χ0n) is 14.3. The first-order chi connectivity index (χ1) is 10.9. The van der Waals surface area contributed by atoms with Gasteiger partial charge in [-0.15, -0.1) is 0 Å². The van der Waals surface area contributed by atoms with E-state index < -0.39 is 0 Å². The first-order valence-electron chi connectivity index (χ1n) is 8.11. The highest BCUT2D eigenvalue weighted by molar-refractivity contribution is 5.78. The molecular formula is C18H26N4O. The maximum Gasteiger partial charge on any atom is 0.234 e. The quantitative estimate of drug-likeness (QED) is 0.902. The minimum Gasteiger partial charge on any atom is -0.369 e. The zero-order chi connectivity index (χ0) is 16.9. The van der Waals surface area contributed by atoms with E-state index in [0.29, 0.717) is 0 Å². The molecule has 1 N–H and O–H groups in total. The summed E-state index contributed by atoms with van der Waals surface area (Å²) in [5.41, 5.74) is 2.25. The Morgan fingerprint density at radius 1 is 1.30 bits per heavy atom. The van der Waals surface area contributed by atoms with Crippen molar-refractivity contribution in [1.29, 1.82) is 5.26 Å². The number of aryl methyl sites for hydroxylation is 1. The summed E-state index contributed by atoms with van der Waals surface area (Å²) in [5, 5.41) is 11.5. The molecule has 124 valence electrons. The Hall–Kier alpha value is -2.06. The van der Waals surface area contributed by atoms with E-state index in [1.165, 1.54) is 11.3 Å². The number of hydrogen-bond acceptors (Lipinski definition) is 4. The lowest BCUT2D eigenvalue weighted by Crippen LogP contribution is -2.55. The van der Waals surface area contributed by atoms with Crippen LogP contribution in [-0.4, -0.2) is 49.1 Å². The number of carbonyl (C=O) groups is 1. The van der Waals surface area contributed by atoms with Crippen LogP contribution in [0.2, 0.25) is 0 Å². The van der Waals surface area contributed by atoms with Crippen LogP contribution in [0, 0.1) is 18.3 Å². The molecule has 1 heterocycles. The zero-order valence-corrected chi connectivity index (χ0v) is 14.3. The van der Waals surface area contributed by atoms with Crippen LogP contribution < -0.4 is 10.2 Å². The van der Waals surface area contributed by atoms with Gasteiger partial charge in [0.1, 0.15) is 6.42 Å². The van der Waals surface area contributed by atoms with E-state index in [1.807, 2.05) is 19.9 Å². The normalized spacial score (nSPS) is 16.0. The molecule has 1 aliphatic heterocycles. The number of anilines is 1. The Morgan fingerprint density at radius 3 is 2.61 bits per heavy atom. The van der Waals surface area contributed by atoms with Gasteiger partial charge in [-0.1, -0.05) is 12.1 Å². The number of nitrogens with zero attached hydrogens (tertiary/aromatic N) is 3. The van der Waals surface area contributed by atoms with Crippen LogP contribution in [0.1, 0.15) is 25.8 Å². The van der Waals surface area contributed by atoms with Gasteiger partial charge in [-0.25, -0.2) is 0 Å². The van der Waals surface area contributed by atoms with Gasteiger partial charge >= 0.3 is 0 Å². The number of rotatable bonds is 5. The molecule has 0 aliphatic carbocycles. The molecule has 0 bridgehead atoms. The third-order valence-corrected chi connectivity index (χ3v) is 4.08. The molecule has 5 nitrogen and oxygen atoms in total. The maximum atomic E-state index is 11.6. The molecule has 0 radical (unpaired) electrons. The summed E-state index contributed by atoms with van der Waals surface area (Å²) in [6.07, 6.45) is -0.0788. The number of hydrogen-bond donors (Lipinski definition) is 1. The number of benzene rings is 1. The van der Waals surface area contributed by atoms with Gasteiger partial charge in [-0.2, -0.15) is 5.26 Å². The number of nitriles is 1. The predicted molar refractivity (Wildman–Crippen MR) is 92.3 cm³/mol. The predicted octanol–water partition coefficient (Wildman–Crippen LogP) is 1.93. The van der Waals surface area contributed by atoms with E-state index in [9.17, 15) is 4.79 Å². The van der Waals surface area contributed by atoms with E-state index >= 15 is 0 Å². The van der Waals surface area contributed by atoms with Crippen LogP contribution in [0.4, 0.5) is 5.69 Å². The smallest absolute Gasteiger partial charge is 0.234 e. The van der Waals surface area contributed by atoms with Crippen molar-refractivity contribution in [3.63, 3.8) is 0 Å². The Labute approximate surface area is 138 Å². The van der Waals surface area contributed by atoms with Crippen LogP contribution in [-0.2, 0) is 4.79 Å². The van der Waals surface area contributed by atoms with Crippen LogP contribution in [0.5, 0.6) is 0 Å². The van der Waals surface area contributed by atoms with Crippen molar-refractivity contribution in [2.75, 3.05) is 37.6 Å². The molecule has 5 heteroatoms. The first kappa shape index (κ1) is 17.3. The van der Waals surface area contributed by atoms with Crippen molar-refractivity contribution in [1.82, 2.24) is 10.2 Å². The molecule has 1 fully saturated rings. The largest absolute Gasteiger partial charge is 0.369 e. The molecule has 1 aromatic carbocycles. The molecule has 1 saturated heterocycles. The third kappa shape index (κ3) is 5.26. The molecular weight excluding hydrogens is 288 g/mol. The van der Waals surface area contributed by atoms with E-state index in [-0.39, 0.29) is 17.9 Å². The molecule has 0 spiro atoms. The van der Waals surface area contributed by atoms with Crippen LogP contribution in [0.15, 0.2) is 24.3 Å². The van der Waals surface area contributed by atoms with Crippen molar-refractivity contribution in [3.8, 4) is 6.07 Å². The monoisotopic (exact) mass is 314 g/mol. The summed E-state index contributed by atoms with van der Waals surface area (Å²) >= 11 is 0. The lowest BCUT2D eigenvalue weighted by atomic mass is 10.0. The fourth-order valence-electron chi connectivity index (χ4n) is 3.08. The molecule has 1 amide bonds. The SMILES string of the molecule is Cc1cccc(N2CCN(CC(C)(C)NC(=O)CC#N)CC2)c1. The fraction of sp³-hybridized carbons (Fsp3) is 0.556. The minimum absolute atomic E-state index is 0.0788. The van der Waals surface area contributed by atoms with Crippen molar-refractivity contribution in [3.05, 3.63) is 29.8 Å². The first-order valence-corrected chi connectivity index (χ1v) is 8.11. The highest BCUT2D eigenvalue weighted by Gasteiger charge is 2.26. The number of piperazine rings is 1. The topological polar surface area (TPSA) is 59.4 Å². The number of carbonyl (C=O) groups excluding carboxylic acids is 1. The molecule has 0 saturated carbocycles. The van der Waals surface area contributed by atoms with E-state index in [1.54, 1.807) is 0 Å². The van der Waals surface area contributed by atoms with E-state index in [0.717, 1.165) is 32.7 Å². The van der Waals surface area contributed by atoms with Gasteiger partial charge in [0, 0.05) is 44.0 Å². The van der Waals surface area contributed by atoms with Crippen LogP contribution >= 0.6 is 0 Å². The Morgan fingerprint density at radius 2 is 2.00 bits per heavy atom. The molecule has 23 heavy (non-hydrogen) atoms. The second-order valence-electron chi connectivity index (χ2n) is 6.87. The molecule has 1 aliphatic rings. The van der Waals surface area contributed by atoms with Gasteiger partial charge < -0.3 is 10.2 Å². The molecule has 0 unspecified atom stereocenters. The van der Waals surface area contributed by atoms with Crippen molar-refractivity contribution < 1.29 is 4.79 Å². The maximum absolute atomic E-state index is 11.6. The van der Waals surface area contributed by atoms with Gasteiger partial charge in [0.05, 0.1) is 6.07 Å². The lowest BCUT2D eigenvalue weighted by molar-refractivity contribution is -0.121. The standard InChI is InChI=1S/C18H26N4O/c1-15-5-4-6-16(13-15)22-11-9-21(10-12-22)14-18(2,3)20-17(23)7-8-19/h4-6,13H,7,9-12,14H2,1-3H3,(H,20,23). The van der Waals surface area contributed by atoms with Gasteiger partial charge in [0.25, 0.3) is 0 Å². The Kier molecular flexibility index (Phi) is 5.62. The van der Waals surface area contributed by atoms with Gasteiger partial charge in [-0.05, 0) is 38.5 Å². The number of amides is 1. The van der Waals surface area contributed by atoms with Crippen molar-refractivity contribution >= 4 is 11.6 Å². The van der Waals surface area contributed by atoms with E-state index in [4.69, 9.17) is 5.26 Å². The summed E-state index contributed by atoms with van der Waals surface area (Å²) in [4.78, 5) is 16.4.